The number of halogens is 3. The Balaban J connectivity index is 1.60. The van der Waals surface area contributed by atoms with E-state index < -0.39 is 6.36 Å². The normalized spacial score (nSPS) is 20.4. The molecule has 1 aliphatic rings. The summed E-state index contributed by atoms with van der Waals surface area (Å²) in [5.41, 5.74) is 1.59. The number of hydrogen-bond donors (Lipinski definition) is 0. The lowest BCUT2D eigenvalue weighted by atomic mass is 9.92. The van der Waals surface area contributed by atoms with Gasteiger partial charge in [-0.15, -0.1) is 23.4 Å². The molecule has 1 fully saturated rings. The van der Waals surface area contributed by atoms with Gasteiger partial charge in [-0.3, -0.25) is 9.38 Å². The molecular weight excluding hydrogens is 373 g/mol. The maximum atomic E-state index is 12.3. The van der Waals surface area contributed by atoms with Crippen molar-refractivity contribution in [1.29, 1.82) is 0 Å². The molecule has 1 aliphatic heterocycles. The molecule has 3 aromatic rings. The Bertz CT molecular complexity index is 963. The van der Waals surface area contributed by atoms with Crippen LogP contribution in [0.2, 0.25) is 0 Å². The molecule has 0 bridgehead atoms. The third-order valence-electron chi connectivity index (χ3n) is 4.83. The fourth-order valence-electron chi connectivity index (χ4n) is 3.41. The van der Waals surface area contributed by atoms with Crippen molar-refractivity contribution in [3.05, 3.63) is 42.5 Å². The van der Waals surface area contributed by atoms with Gasteiger partial charge in [0.15, 0.2) is 5.65 Å². The van der Waals surface area contributed by atoms with E-state index >= 15 is 0 Å². The van der Waals surface area contributed by atoms with E-state index in [0.29, 0.717) is 23.3 Å². The van der Waals surface area contributed by atoms with Crippen LogP contribution in [-0.2, 0) is 11.2 Å². The van der Waals surface area contributed by atoms with Crippen LogP contribution < -0.4 is 4.74 Å². The van der Waals surface area contributed by atoms with E-state index in [2.05, 4.69) is 26.8 Å². The van der Waals surface area contributed by atoms with Gasteiger partial charge in [-0.05, 0) is 50.5 Å². The van der Waals surface area contributed by atoms with Gasteiger partial charge < -0.3 is 9.47 Å². The second kappa shape index (κ2) is 7.05. The summed E-state index contributed by atoms with van der Waals surface area (Å²) in [7, 11) is 0. The van der Waals surface area contributed by atoms with Gasteiger partial charge in [0.25, 0.3) is 0 Å². The van der Waals surface area contributed by atoms with Crippen molar-refractivity contribution >= 4 is 5.65 Å². The lowest BCUT2D eigenvalue weighted by Crippen LogP contribution is -2.35. The second-order valence-electron chi connectivity index (χ2n) is 7.12. The smallest absolute Gasteiger partial charge is 0.406 e. The molecule has 1 atom stereocenters. The SMILES string of the molecule is C[C@]1(Cc2nnc3cnc(-c4ccc(OC(F)(F)F)cc4)cn23)CCCCO1. The van der Waals surface area contributed by atoms with Crippen LogP contribution in [0.25, 0.3) is 16.9 Å². The molecule has 148 valence electrons. The Morgan fingerprint density at radius 3 is 2.64 bits per heavy atom. The quantitative estimate of drug-likeness (QED) is 0.666. The summed E-state index contributed by atoms with van der Waals surface area (Å²) >= 11 is 0. The van der Waals surface area contributed by atoms with E-state index in [-0.39, 0.29) is 11.4 Å². The molecule has 0 unspecified atom stereocenters. The molecule has 3 heterocycles. The van der Waals surface area contributed by atoms with Crippen molar-refractivity contribution in [2.45, 2.75) is 44.6 Å². The Kier molecular flexibility index (Phi) is 4.70. The number of nitrogens with zero attached hydrogens (tertiary/aromatic N) is 4. The van der Waals surface area contributed by atoms with Gasteiger partial charge in [-0.25, -0.2) is 0 Å². The van der Waals surface area contributed by atoms with Crippen molar-refractivity contribution in [3.63, 3.8) is 0 Å². The highest BCUT2D eigenvalue weighted by Gasteiger charge is 2.31. The van der Waals surface area contributed by atoms with Crippen LogP contribution in [0.5, 0.6) is 5.75 Å². The monoisotopic (exact) mass is 392 g/mol. The number of fused-ring (bicyclic) bond motifs is 1. The fraction of sp³-hybridized carbons (Fsp3) is 0.421. The molecule has 1 aromatic carbocycles. The molecule has 0 aliphatic carbocycles. The summed E-state index contributed by atoms with van der Waals surface area (Å²) < 4.78 is 48.6. The molecule has 9 heteroatoms. The third kappa shape index (κ3) is 4.09. The zero-order valence-electron chi connectivity index (χ0n) is 15.2. The molecule has 28 heavy (non-hydrogen) atoms. The van der Waals surface area contributed by atoms with Crippen LogP contribution in [0.4, 0.5) is 13.2 Å². The molecule has 0 spiro atoms. The van der Waals surface area contributed by atoms with Crippen LogP contribution >= 0.6 is 0 Å². The Morgan fingerprint density at radius 1 is 1.18 bits per heavy atom. The van der Waals surface area contributed by atoms with Crippen molar-refractivity contribution in [1.82, 2.24) is 19.6 Å². The number of ether oxygens (including phenoxy) is 2. The van der Waals surface area contributed by atoms with Crippen molar-refractivity contribution in [3.8, 4) is 17.0 Å². The lowest BCUT2D eigenvalue weighted by Gasteiger charge is -2.33. The van der Waals surface area contributed by atoms with Crippen molar-refractivity contribution in [2.75, 3.05) is 6.61 Å². The van der Waals surface area contributed by atoms with Gasteiger partial charge in [0.05, 0.1) is 17.5 Å². The number of rotatable bonds is 4. The van der Waals surface area contributed by atoms with Crippen LogP contribution in [-0.4, -0.2) is 38.2 Å². The van der Waals surface area contributed by atoms with E-state index in [0.717, 1.165) is 31.7 Å². The lowest BCUT2D eigenvalue weighted by molar-refractivity contribution is -0.274. The minimum absolute atomic E-state index is 0.273. The highest BCUT2D eigenvalue weighted by molar-refractivity contribution is 5.60. The van der Waals surface area contributed by atoms with Crippen molar-refractivity contribution in [2.24, 2.45) is 0 Å². The first-order chi connectivity index (χ1) is 13.3. The predicted octanol–water partition coefficient (Wildman–Crippen LogP) is 4.19. The first-order valence-corrected chi connectivity index (χ1v) is 9.01. The van der Waals surface area contributed by atoms with Gasteiger partial charge in [0.2, 0.25) is 0 Å². The van der Waals surface area contributed by atoms with Gasteiger partial charge >= 0.3 is 6.36 Å². The Hall–Kier alpha value is -2.68. The summed E-state index contributed by atoms with van der Waals surface area (Å²) in [4.78, 5) is 4.34. The minimum atomic E-state index is -4.71. The third-order valence-corrected chi connectivity index (χ3v) is 4.83. The molecule has 0 saturated carbocycles. The standard InChI is InChI=1S/C19H19F3N4O2/c1-18(8-2-3-9-27-18)10-16-24-25-17-11-23-15(12-26(16)17)13-4-6-14(7-5-13)28-19(20,21)22/h4-7,11-12H,2-3,8-10H2,1H3/t18-/m1/s1. The highest BCUT2D eigenvalue weighted by Crippen LogP contribution is 2.29. The summed E-state index contributed by atoms with van der Waals surface area (Å²) in [6, 6.07) is 5.59. The average molecular weight is 392 g/mol. The first-order valence-electron chi connectivity index (χ1n) is 9.01. The maximum Gasteiger partial charge on any atom is 0.573 e. The predicted molar refractivity (Wildman–Crippen MR) is 94.8 cm³/mol. The molecule has 6 nitrogen and oxygen atoms in total. The summed E-state index contributed by atoms with van der Waals surface area (Å²) in [5, 5.41) is 8.43. The number of benzene rings is 1. The van der Waals surface area contributed by atoms with Gasteiger partial charge in [-0.1, -0.05) is 0 Å². The van der Waals surface area contributed by atoms with Crippen LogP contribution in [0.15, 0.2) is 36.7 Å². The molecule has 0 amide bonds. The number of aromatic nitrogens is 4. The topological polar surface area (TPSA) is 61.5 Å². The van der Waals surface area contributed by atoms with E-state index in [1.165, 1.54) is 24.3 Å². The second-order valence-corrected chi connectivity index (χ2v) is 7.12. The fourth-order valence-corrected chi connectivity index (χ4v) is 3.41. The summed E-state index contributed by atoms with van der Waals surface area (Å²) in [6.45, 7) is 2.82. The van der Waals surface area contributed by atoms with E-state index in [9.17, 15) is 13.2 Å². The summed E-state index contributed by atoms with van der Waals surface area (Å²) in [5.74, 6) is 0.491. The molecule has 2 aromatic heterocycles. The van der Waals surface area contributed by atoms with Gasteiger partial charge in [0, 0.05) is 24.8 Å². The molecule has 0 N–H and O–H groups in total. The summed E-state index contributed by atoms with van der Waals surface area (Å²) in [6.07, 6.45) is 2.43. The first kappa shape index (κ1) is 18.7. The zero-order valence-corrected chi connectivity index (χ0v) is 15.2. The number of alkyl halides is 3. The van der Waals surface area contributed by atoms with Crippen LogP contribution in [0.3, 0.4) is 0 Å². The average Bonchev–Trinajstić information content (AvgIpc) is 3.03. The van der Waals surface area contributed by atoms with Crippen LogP contribution in [0, 0.1) is 0 Å². The molecule has 4 rings (SSSR count). The van der Waals surface area contributed by atoms with E-state index in [1.54, 1.807) is 12.4 Å². The Morgan fingerprint density at radius 2 is 1.96 bits per heavy atom. The molecule has 1 saturated heterocycles. The van der Waals surface area contributed by atoms with Gasteiger partial charge in [-0.2, -0.15) is 0 Å². The largest absolute Gasteiger partial charge is 0.573 e. The van der Waals surface area contributed by atoms with Gasteiger partial charge in [0.1, 0.15) is 11.6 Å². The van der Waals surface area contributed by atoms with E-state index in [4.69, 9.17) is 4.74 Å². The van der Waals surface area contributed by atoms with Crippen LogP contribution in [0.1, 0.15) is 32.0 Å². The molecule has 0 radical (unpaired) electrons. The maximum absolute atomic E-state index is 12.3. The minimum Gasteiger partial charge on any atom is -0.406 e. The highest BCUT2D eigenvalue weighted by atomic mass is 19.4. The molecular formula is C19H19F3N4O2. The zero-order chi connectivity index (χ0) is 19.8. The van der Waals surface area contributed by atoms with E-state index in [1.807, 2.05) is 4.40 Å². The Labute approximate surface area is 159 Å². The number of hydrogen-bond acceptors (Lipinski definition) is 5. The van der Waals surface area contributed by atoms with Crippen molar-refractivity contribution < 1.29 is 22.6 Å².